The summed E-state index contributed by atoms with van der Waals surface area (Å²) in [4.78, 5) is 4.48. The summed E-state index contributed by atoms with van der Waals surface area (Å²) in [5.41, 5.74) is 4.10. The van der Waals surface area contributed by atoms with E-state index in [1.807, 2.05) is 71.2 Å². The van der Waals surface area contributed by atoms with Crippen LogP contribution < -0.4 is 0 Å². The molecule has 1 atom stereocenters. The summed E-state index contributed by atoms with van der Waals surface area (Å²) in [5, 5.41) is 9.29. The van der Waals surface area contributed by atoms with Gasteiger partial charge in [0.15, 0.2) is 0 Å². The molecule has 27 heavy (non-hydrogen) atoms. The fraction of sp³-hybridized carbons (Fsp3) is 0.280. The van der Waals surface area contributed by atoms with Gasteiger partial charge in [-0.15, -0.1) is 13.2 Å². The van der Waals surface area contributed by atoms with E-state index in [4.69, 9.17) is 0 Å². The van der Waals surface area contributed by atoms with E-state index in [1.54, 1.807) is 6.08 Å². The minimum absolute atomic E-state index is 0.192. The largest absolute Gasteiger partial charge is 0.261 e. The van der Waals surface area contributed by atoms with Crippen LogP contribution in [-0.2, 0) is 6.42 Å². The monoisotopic (exact) mass is 362 g/mol. The van der Waals surface area contributed by atoms with E-state index in [0.29, 0.717) is 6.42 Å². The van der Waals surface area contributed by atoms with Crippen LogP contribution in [0, 0.1) is 17.2 Å². The first kappa shape index (κ1) is 26.3. The molecule has 0 aliphatic rings. The Kier molecular flexibility index (Phi) is 17.4. The maximum atomic E-state index is 9.29. The second-order valence-electron chi connectivity index (χ2n) is 4.78. The Hall–Kier alpha value is -2.92. The van der Waals surface area contributed by atoms with E-state index in [0.717, 1.165) is 22.4 Å². The third-order valence-corrected chi connectivity index (χ3v) is 3.47. The van der Waals surface area contributed by atoms with Gasteiger partial charge in [0.2, 0.25) is 0 Å². The molecule has 2 heteroatoms. The van der Waals surface area contributed by atoms with Crippen LogP contribution in [0.3, 0.4) is 0 Å². The predicted molar refractivity (Wildman–Crippen MR) is 120 cm³/mol. The fourth-order valence-corrected chi connectivity index (χ4v) is 2.26. The number of hydrogen-bond donors (Lipinski definition) is 0. The van der Waals surface area contributed by atoms with Crippen LogP contribution >= 0.6 is 0 Å². The molecule has 1 heterocycles. The zero-order valence-electron chi connectivity index (χ0n) is 17.6. The number of benzene rings is 1. The summed E-state index contributed by atoms with van der Waals surface area (Å²) in [6.45, 7) is 19.7. The van der Waals surface area contributed by atoms with Gasteiger partial charge < -0.3 is 0 Å². The molecule has 0 N–H and O–H groups in total. The molecule has 2 nitrogen and oxygen atoms in total. The third kappa shape index (κ3) is 9.37. The van der Waals surface area contributed by atoms with Gasteiger partial charge in [-0.2, -0.15) is 5.26 Å². The topological polar surface area (TPSA) is 36.7 Å². The van der Waals surface area contributed by atoms with Gasteiger partial charge in [0, 0.05) is 23.9 Å². The zero-order chi connectivity index (χ0) is 21.1. The van der Waals surface area contributed by atoms with Crippen LogP contribution in [0.15, 0.2) is 86.1 Å². The highest BCUT2D eigenvalue weighted by molar-refractivity contribution is 5.62. The Morgan fingerprint density at radius 2 is 1.63 bits per heavy atom. The van der Waals surface area contributed by atoms with Crippen molar-refractivity contribution in [2.75, 3.05) is 0 Å². The summed E-state index contributed by atoms with van der Waals surface area (Å²) >= 11 is 0. The summed E-state index contributed by atoms with van der Waals surface area (Å²) in [6.07, 6.45) is 6.14. The lowest BCUT2D eigenvalue weighted by Gasteiger charge is -2.10. The number of aromatic nitrogens is 1. The molecule has 2 rings (SSSR count). The maximum absolute atomic E-state index is 9.29. The standard InChI is InChI=1S/C19H18N2.2C2H6.C2H4/c1-3-15(4-2)18(13-20)12-19-11-10-17(14-21-19)16-8-6-5-7-9-16;3*1-2/h3-11,14,18H,1,12H2,2H3;2*1-2H3;1-2H2/b15-4+;;;. The fourth-order valence-electron chi connectivity index (χ4n) is 2.26. The van der Waals surface area contributed by atoms with Crippen molar-refractivity contribution >= 4 is 0 Å². The van der Waals surface area contributed by atoms with Crippen LogP contribution in [0.25, 0.3) is 11.1 Å². The van der Waals surface area contributed by atoms with Crippen molar-refractivity contribution < 1.29 is 0 Å². The van der Waals surface area contributed by atoms with Crippen molar-refractivity contribution in [2.45, 2.75) is 41.0 Å². The Labute approximate surface area is 166 Å². The molecule has 144 valence electrons. The number of allylic oxidation sites excluding steroid dienone is 3. The van der Waals surface area contributed by atoms with Crippen LogP contribution in [0.1, 0.15) is 40.3 Å². The third-order valence-electron chi connectivity index (χ3n) is 3.47. The molecule has 0 radical (unpaired) electrons. The van der Waals surface area contributed by atoms with Gasteiger partial charge in [0.05, 0.1) is 12.0 Å². The van der Waals surface area contributed by atoms with E-state index in [-0.39, 0.29) is 5.92 Å². The number of hydrogen-bond acceptors (Lipinski definition) is 2. The first-order valence-corrected chi connectivity index (χ1v) is 9.47. The first-order chi connectivity index (χ1) is 13.3. The number of rotatable bonds is 5. The molecule has 0 fully saturated rings. The second kappa shape index (κ2) is 17.9. The Balaban J connectivity index is 0. The lowest BCUT2D eigenvalue weighted by molar-refractivity contribution is 0.764. The van der Waals surface area contributed by atoms with Crippen molar-refractivity contribution in [3.05, 3.63) is 91.8 Å². The Bertz CT molecular complexity index is 677. The molecule has 1 unspecified atom stereocenters. The molecule has 0 aliphatic carbocycles. The summed E-state index contributed by atoms with van der Waals surface area (Å²) in [7, 11) is 0. The van der Waals surface area contributed by atoms with Crippen molar-refractivity contribution in [1.82, 2.24) is 4.98 Å². The molecule has 0 aliphatic heterocycles. The van der Waals surface area contributed by atoms with Gasteiger partial charge in [-0.1, -0.05) is 82.8 Å². The van der Waals surface area contributed by atoms with Crippen LogP contribution in [0.5, 0.6) is 0 Å². The Morgan fingerprint density at radius 1 is 1.04 bits per heavy atom. The minimum Gasteiger partial charge on any atom is -0.261 e. The predicted octanol–water partition coefficient (Wildman–Crippen LogP) is 7.42. The quantitative estimate of drug-likeness (QED) is 0.410. The van der Waals surface area contributed by atoms with Crippen molar-refractivity contribution in [3.8, 4) is 17.2 Å². The highest BCUT2D eigenvalue weighted by Gasteiger charge is 2.12. The van der Waals surface area contributed by atoms with Crippen LogP contribution in [0.2, 0.25) is 0 Å². The van der Waals surface area contributed by atoms with Gasteiger partial charge in [-0.3, -0.25) is 4.98 Å². The van der Waals surface area contributed by atoms with Gasteiger partial charge in [0.1, 0.15) is 0 Å². The first-order valence-electron chi connectivity index (χ1n) is 9.47. The van der Waals surface area contributed by atoms with E-state index in [1.165, 1.54) is 0 Å². The van der Waals surface area contributed by atoms with Gasteiger partial charge in [-0.25, -0.2) is 0 Å². The average Bonchev–Trinajstić information content (AvgIpc) is 2.79. The highest BCUT2D eigenvalue weighted by atomic mass is 14.7. The molecule has 0 amide bonds. The molecular weight excluding hydrogens is 328 g/mol. The normalized spacial score (nSPS) is 10.3. The number of pyridine rings is 1. The molecule has 0 saturated carbocycles. The summed E-state index contributed by atoms with van der Waals surface area (Å²) in [5.74, 6) is -0.192. The maximum Gasteiger partial charge on any atom is 0.0764 e. The van der Waals surface area contributed by atoms with Crippen LogP contribution in [0.4, 0.5) is 0 Å². The van der Waals surface area contributed by atoms with E-state index in [2.05, 4.69) is 49.0 Å². The van der Waals surface area contributed by atoms with Crippen molar-refractivity contribution in [1.29, 1.82) is 5.26 Å². The molecule has 1 aromatic heterocycles. The van der Waals surface area contributed by atoms with Crippen LogP contribution in [-0.4, -0.2) is 4.98 Å². The molecule has 2 aromatic rings. The molecule has 0 saturated heterocycles. The van der Waals surface area contributed by atoms with Gasteiger partial charge in [0.25, 0.3) is 0 Å². The highest BCUT2D eigenvalue weighted by Crippen LogP contribution is 2.20. The molecule has 0 bridgehead atoms. The average molecular weight is 363 g/mol. The van der Waals surface area contributed by atoms with Gasteiger partial charge >= 0.3 is 0 Å². The van der Waals surface area contributed by atoms with E-state index < -0.39 is 0 Å². The minimum atomic E-state index is -0.192. The molecular formula is C25H34N2. The molecule has 1 aromatic carbocycles. The molecule has 0 spiro atoms. The lowest BCUT2D eigenvalue weighted by Crippen LogP contribution is -2.05. The van der Waals surface area contributed by atoms with Gasteiger partial charge in [-0.05, 0) is 24.1 Å². The number of nitrogens with zero attached hydrogens (tertiary/aromatic N) is 2. The lowest BCUT2D eigenvalue weighted by atomic mass is 9.94. The van der Waals surface area contributed by atoms with E-state index >= 15 is 0 Å². The summed E-state index contributed by atoms with van der Waals surface area (Å²) < 4.78 is 0. The summed E-state index contributed by atoms with van der Waals surface area (Å²) in [6, 6.07) is 16.5. The zero-order valence-corrected chi connectivity index (χ0v) is 17.6. The van der Waals surface area contributed by atoms with Crippen molar-refractivity contribution in [3.63, 3.8) is 0 Å². The smallest absolute Gasteiger partial charge is 0.0764 e. The van der Waals surface area contributed by atoms with Crippen molar-refractivity contribution in [2.24, 2.45) is 5.92 Å². The Morgan fingerprint density at radius 3 is 2.04 bits per heavy atom. The second-order valence-corrected chi connectivity index (χ2v) is 4.78. The van der Waals surface area contributed by atoms with E-state index in [9.17, 15) is 5.26 Å². The SMILES string of the molecule is C=C.C=C/C(=C\C)C(C#N)Cc1ccc(-c2ccccc2)cn1.CC.CC. The number of nitriles is 1.